The molecule has 3 aromatic rings. The normalized spacial score (nSPS) is 19.2. The van der Waals surface area contributed by atoms with E-state index in [4.69, 9.17) is 23.7 Å². The van der Waals surface area contributed by atoms with Gasteiger partial charge in [-0.2, -0.15) is 0 Å². The molecule has 2 saturated heterocycles. The van der Waals surface area contributed by atoms with E-state index < -0.39 is 0 Å². The lowest BCUT2D eigenvalue weighted by atomic mass is 9.87. The summed E-state index contributed by atoms with van der Waals surface area (Å²) in [6.07, 6.45) is 11.7. The summed E-state index contributed by atoms with van der Waals surface area (Å²) in [6.45, 7) is 3.06. The molecule has 1 atom stereocenters. The molecular formula is C38H45IO5. The largest absolute Gasteiger partial charge is 0.494 e. The number of para-hydroxylation sites is 1. The van der Waals surface area contributed by atoms with Gasteiger partial charge in [0.1, 0.15) is 23.4 Å². The van der Waals surface area contributed by atoms with E-state index in [1.807, 2.05) is 0 Å². The van der Waals surface area contributed by atoms with Crippen LogP contribution in [0.4, 0.5) is 0 Å². The monoisotopic (exact) mass is 708 g/mol. The number of aryl methyl sites for hydroxylation is 1. The SMILES string of the molecule is ICCCCCOc1ccc(C2=C(c3ccccc3OC3CCOCC3)CCCc3cc(OC4CCCCO4)ccc32)cc1. The molecule has 234 valence electrons. The fourth-order valence-corrected chi connectivity index (χ4v) is 7.00. The predicted octanol–water partition coefficient (Wildman–Crippen LogP) is 9.43. The van der Waals surface area contributed by atoms with Crippen LogP contribution in [0.1, 0.15) is 86.5 Å². The van der Waals surface area contributed by atoms with Crippen LogP contribution in [0.15, 0.2) is 66.7 Å². The number of unbranched alkanes of at least 4 members (excludes halogenated alkanes) is 2. The van der Waals surface area contributed by atoms with Gasteiger partial charge < -0.3 is 23.7 Å². The number of benzene rings is 3. The number of allylic oxidation sites excluding steroid dienone is 1. The van der Waals surface area contributed by atoms with Gasteiger partial charge in [0.15, 0.2) is 6.29 Å². The van der Waals surface area contributed by atoms with E-state index >= 15 is 0 Å². The van der Waals surface area contributed by atoms with Crippen molar-refractivity contribution < 1.29 is 23.7 Å². The molecule has 0 saturated carbocycles. The lowest BCUT2D eigenvalue weighted by Gasteiger charge is -2.26. The zero-order chi connectivity index (χ0) is 30.0. The van der Waals surface area contributed by atoms with E-state index in [2.05, 4.69) is 89.3 Å². The lowest BCUT2D eigenvalue weighted by molar-refractivity contribution is -0.105. The number of hydrogen-bond donors (Lipinski definition) is 0. The summed E-state index contributed by atoms with van der Waals surface area (Å²) < 4.78 is 31.8. The van der Waals surface area contributed by atoms with Gasteiger partial charge in [0.05, 0.1) is 26.4 Å². The Morgan fingerprint density at radius 2 is 1.57 bits per heavy atom. The van der Waals surface area contributed by atoms with Gasteiger partial charge in [0, 0.05) is 24.8 Å². The Morgan fingerprint density at radius 1 is 0.727 bits per heavy atom. The van der Waals surface area contributed by atoms with Crippen LogP contribution in [0.25, 0.3) is 11.1 Å². The van der Waals surface area contributed by atoms with Crippen molar-refractivity contribution in [2.45, 2.75) is 83.0 Å². The second kappa shape index (κ2) is 16.1. The van der Waals surface area contributed by atoms with E-state index in [9.17, 15) is 0 Å². The second-order valence-corrected chi connectivity index (χ2v) is 13.1. The number of alkyl halides is 1. The van der Waals surface area contributed by atoms with Crippen LogP contribution >= 0.6 is 22.6 Å². The number of fused-ring (bicyclic) bond motifs is 1. The van der Waals surface area contributed by atoms with E-state index in [0.29, 0.717) is 0 Å². The zero-order valence-electron chi connectivity index (χ0n) is 25.7. The molecule has 3 aliphatic rings. The zero-order valence-corrected chi connectivity index (χ0v) is 27.9. The van der Waals surface area contributed by atoms with Crippen molar-refractivity contribution in [1.82, 2.24) is 0 Å². The Kier molecular flexibility index (Phi) is 11.5. The molecule has 0 amide bonds. The maximum Gasteiger partial charge on any atom is 0.199 e. The van der Waals surface area contributed by atoms with E-state index in [0.717, 1.165) is 101 Å². The minimum Gasteiger partial charge on any atom is -0.494 e. The molecule has 0 bridgehead atoms. The molecule has 0 aromatic heterocycles. The Balaban J connectivity index is 1.35. The van der Waals surface area contributed by atoms with Gasteiger partial charge in [-0.1, -0.05) is 59.0 Å². The Labute approximate surface area is 276 Å². The summed E-state index contributed by atoms with van der Waals surface area (Å²) in [5.41, 5.74) is 7.58. The molecule has 6 rings (SSSR count). The van der Waals surface area contributed by atoms with Crippen molar-refractivity contribution in [3.63, 3.8) is 0 Å². The molecule has 1 unspecified atom stereocenters. The average Bonchev–Trinajstić information content (AvgIpc) is 3.25. The third-order valence-electron chi connectivity index (χ3n) is 8.79. The molecule has 1 aliphatic carbocycles. The van der Waals surface area contributed by atoms with Crippen LogP contribution in [-0.4, -0.2) is 43.2 Å². The number of halogens is 1. The fourth-order valence-electron chi connectivity index (χ4n) is 6.47. The molecule has 2 fully saturated rings. The highest BCUT2D eigenvalue weighted by Crippen LogP contribution is 2.44. The number of hydrogen-bond acceptors (Lipinski definition) is 5. The van der Waals surface area contributed by atoms with Gasteiger partial charge in [-0.15, -0.1) is 0 Å². The second-order valence-electron chi connectivity index (χ2n) is 12.0. The average molecular weight is 709 g/mol. The van der Waals surface area contributed by atoms with Crippen LogP contribution in [-0.2, 0) is 15.9 Å². The number of ether oxygens (including phenoxy) is 5. The number of rotatable bonds is 12. The summed E-state index contributed by atoms with van der Waals surface area (Å²) in [4.78, 5) is 0. The molecule has 0 spiro atoms. The van der Waals surface area contributed by atoms with E-state index in [-0.39, 0.29) is 12.4 Å². The maximum absolute atomic E-state index is 6.68. The minimum atomic E-state index is -0.151. The molecule has 2 aliphatic heterocycles. The first-order valence-electron chi connectivity index (χ1n) is 16.6. The lowest BCUT2D eigenvalue weighted by Crippen LogP contribution is -2.26. The van der Waals surface area contributed by atoms with Crippen molar-refractivity contribution in [3.05, 3.63) is 89.0 Å². The van der Waals surface area contributed by atoms with Crippen molar-refractivity contribution >= 4 is 33.7 Å². The Morgan fingerprint density at radius 3 is 2.39 bits per heavy atom. The van der Waals surface area contributed by atoms with Gasteiger partial charge in [-0.25, -0.2) is 0 Å². The third kappa shape index (κ3) is 8.18. The van der Waals surface area contributed by atoms with Crippen LogP contribution in [0.5, 0.6) is 17.2 Å². The van der Waals surface area contributed by atoms with Crippen LogP contribution in [0, 0.1) is 0 Å². The molecule has 3 aromatic carbocycles. The summed E-state index contributed by atoms with van der Waals surface area (Å²) in [6, 6.07) is 23.9. The summed E-state index contributed by atoms with van der Waals surface area (Å²) in [5.74, 6) is 2.79. The van der Waals surface area contributed by atoms with Crippen LogP contribution in [0.3, 0.4) is 0 Å². The molecule has 2 heterocycles. The molecule has 5 nitrogen and oxygen atoms in total. The predicted molar refractivity (Wildman–Crippen MR) is 185 cm³/mol. The van der Waals surface area contributed by atoms with Gasteiger partial charge >= 0.3 is 0 Å². The molecule has 0 N–H and O–H groups in total. The third-order valence-corrected chi connectivity index (χ3v) is 9.55. The van der Waals surface area contributed by atoms with Crippen molar-refractivity contribution in [2.24, 2.45) is 0 Å². The van der Waals surface area contributed by atoms with Crippen LogP contribution < -0.4 is 14.2 Å². The highest BCUT2D eigenvalue weighted by atomic mass is 127. The fraction of sp³-hybridized carbons (Fsp3) is 0.474. The van der Waals surface area contributed by atoms with Crippen molar-refractivity contribution in [2.75, 3.05) is 30.9 Å². The van der Waals surface area contributed by atoms with Gasteiger partial charge in [0.25, 0.3) is 0 Å². The van der Waals surface area contributed by atoms with E-state index in [1.54, 1.807) is 0 Å². The van der Waals surface area contributed by atoms with Gasteiger partial charge in [-0.3, -0.25) is 0 Å². The Bertz CT molecular complexity index is 1370. The summed E-state index contributed by atoms with van der Waals surface area (Å²) in [5, 5.41) is 0. The summed E-state index contributed by atoms with van der Waals surface area (Å²) in [7, 11) is 0. The first-order valence-corrected chi connectivity index (χ1v) is 18.1. The van der Waals surface area contributed by atoms with Crippen LogP contribution in [0.2, 0.25) is 0 Å². The summed E-state index contributed by atoms with van der Waals surface area (Å²) >= 11 is 2.44. The molecule has 44 heavy (non-hydrogen) atoms. The quantitative estimate of drug-likeness (QED) is 0.107. The first-order chi connectivity index (χ1) is 21.8. The maximum atomic E-state index is 6.68. The molecule has 0 radical (unpaired) electrons. The minimum absolute atomic E-state index is 0.151. The topological polar surface area (TPSA) is 46.2 Å². The van der Waals surface area contributed by atoms with Crippen molar-refractivity contribution in [3.8, 4) is 17.2 Å². The highest BCUT2D eigenvalue weighted by molar-refractivity contribution is 14.1. The molecular weight excluding hydrogens is 663 g/mol. The first kappa shape index (κ1) is 31.4. The van der Waals surface area contributed by atoms with Gasteiger partial charge in [-0.05, 0) is 114 Å². The smallest absolute Gasteiger partial charge is 0.199 e. The van der Waals surface area contributed by atoms with Gasteiger partial charge in [0.2, 0.25) is 0 Å². The van der Waals surface area contributed by atoms with Crippen molar-refractivity contribution in [1.29, 1.82) is 0 Å². The highest BCUT2D eigenvalue weighted by Gasteiger charge is 2.25. The van der Waals surface area contributed by atoms with E-state index in [1.165, 1.54) is 50.7 Å². The molecule has 6 heteroatoms. The Hall–Kier alpha value is -2.55. The standard InChI is InChI=1S/C38H45IO5/c39-22-5-1-6-23-41-30-16-14-28(15-17-30)38-33-19-18-32(44-37-13-4-7-24-42-37)27-29(33)9-8-11-35(38)34-10-2-3-12-36(34)43-31-20-25-40-26-21-31/h2-3,10,12,14-19,27,31,37H,1,4-9,11,13,20-26H2.